The van der Waals surface area contributed by atoms with Crippen molar-refractivity contribution in [3.05, 3.63) is 71.8 Å². The highest BCUT2D eigenvalue weighted by Crippen LogP contribution is 2.25. The van der Waals surface area contributed by atoms with Gasteiger partial charge in [-0.3, -0.25) is 9.59 Å². The third-order valence-corrected chi connectivity index (χ3v) is 4.77. The van der Waals surface area contributed by atoms with Crippen molar-refractivity contribution in [1.29, 1.82) is 0 Å². The Balaban J connectivity index is 1.89. The quantitative estimate of drug-likeness (QED) is 0.626. The first-order valence-corrected chi connectivity index (χ1v) is 9.11. The zero-order chi connectivity index (χ0) is 18.8. The molecule has 0 aromatic heterocycles. The molecule has 4 heteroatoms. The van der Waals surface area contributed by atoms with Gasteiger partial charge >= 0.3 is 11.9 Å². The molecular weight excluding hydrogens is 328 g/mol. The van der Waals surface area contributed by atoms with Crippen molar-refractivity contribution in [2.24, 2.45) is 11.8 Å². The van der Waals surface area contributed by atoms with Gasteiger partial charge in [-0.25, -0.2) is 0 Å². The average Bonchev–Trinajstić information content (AvgIpc) is 2.64. The van der Waals surface area contributed by atoms with Gasteiger partial charge in [0, 0.05) is 0 Å². The number of carboxylic acid groups (broad SMARTS) is 2. The number of hydrogen-bond donors (Lipinski definition) is 2. The van der Waals surface area contributed by atoms with E-state index in [4.69, 9.17) is 0 Å². The van der Waals surface area contributed by atoms with Crippen molar-refractivity contribution in [2.45, 2.75) is 38.5 Å². The van der Waals surface area contributed by atoms with Gasteiger partial charge in [-0.15, -0.1) is 0 Å². The summed E-state index contributed by atoms with van der Waals surface area (Å²) in [6.07, 6.45) is 3.63. The maximum atomic E-state index is 11.7. The van der Waals surface area contributed by atoms with Crippen LogP contribution in [-0.4, -0.2) is 22.2 Å². The normalized spacial score (nSPS) is 13.1. The predicted molar refractivity (Wildman–Crippen MR) is 101 cm³/mol. The minimum absolute atomic E-state index is 0.381. The molecule has 0 amide bonds. The number of aliphatic carboxylic acids is 2. The van der Waals surface area contributed by atoms with Gasteiger partial charge in [0.1, 0.15) is 0 Å². The van der Waals surface area contributed by atoms with Crippen LogP contribution in [0.25, 0.3) is 0 Å². The maximum absolute atomic E-state index is 11.7. The molecule has 0 spiro atoms. The topological polar surface area (TPSA) is 74.6 Å². The summed E-state index contributed by atoms with van der Waals surface area (Å²) in [5.41, 5.74) is 2.29. The Labute approximate surface area is 154 Å². The highest BCUT2D eigenvalue weighted by atomic mass is 16.4. The van der Waals surface area contributed by atoms with Crippen LogP contribution in [0.5, 0.6) is 0 Å². The lowest BCUT2D eigenvalue weighted by Gasteiger charge is -2.20. The summed E-state index contributed by atoms with van der Waals surface area (Å²) < 4.78 is 0. The fraction of sp³-hybridized carbons (Fsp3) is 0.364. The number of rotatable bonds is 11. The lowest BCUT2D eigenvalue weighted by Crippen LogP contribution is -2.30. The lowest BCUT2D eigenvalue weighted by molar-refractivity contribution is -0.154. The Morgan fingerprint density at radius 2 is 1.00 bits per heavy atom. The van der Waals surface area contributed by atoms with Gasteiger partial charge in [-0.05, 0) is 49.7 Å². The second-order valence-corrected chi connectivity index (χ2v) is 6.65. The zero-order valence-electron chi connectivity index (χ0n) is 14.9. The monoisotopic (exact) mass is 354 g/mol. The van der Waals surface area contributed by atoms with Gasteiger partial charge in [-0.2, -0.15) is 0 Å². The van der Waals surface area contributed by atoms with Crippen LogP contribution in [0.4, 0.5) is 0 Å². The van der Waals surface area contributed by atoms with E-state index in [1.54, 1.807) is 0 Å². The Kier molecular flexibility index (Phi) is 7.87. The third kappa shape index (κ3) is 6.36. The third-order valence-electron chi connectivity index (χ3n) is 4.77. The van der Waals surface area contributed by atoms with E-state index in [2.05, 4.69) is 0 Å². The Bertz CT molecular complexity index is 620. The molecule has 0 radical (unpaired) electrons. The first kappa shape index (κ1) is 19.7. The molecule has 0 aliphatic carbocycles. The van der Waals surface area contributed by atoms with E-state index >= 15 is 0 Å². The summed E-state index contributed by atoms with van der Waals surface area (Å²) in [6.45, 7) is 0. The molecule has 2 aromatic carbocycles. The molecule has 2 aromatic rings. The molecule has 0 heterocycles. The van der Waals surface area contributed by atoms with E-state index in [0.717, 1.165) is 24.0 Å². The van der Waals surface area contributed by atoms with E-state index in [9.17, 15) is 19.8 Å². The molecule has 26 heavy (non-hydrogen) atoms. The molecule has 0 aliphatic heterocycles. The summed E-state index contributed by atoms with van der Waals surface area (Å²) in [6, 6.07) is 19.7. The largest absolute Gasteiger partial charge is 0.481 e. The van der Waals surface area contributed by atoms with Crippen molar-refractivity contribution in [3.63, 3.8) is 0 Å². The second-order valence-electron chi connectivity index (χ2n) is 6.65. The summed E-state index contributed by atoms with van der Waals surface area (Å²) in [5, 5.41) is 19.1. The highest BCUT2D eigenvalue weighted by Gasteiger charge is 2.32. The van der Waals surface area contributed by atoms with E-state index in [0.29, 0.717) is 25.7 Å². The highest BCUT2D eigenvalue weighted by molar-refractivity contribution is 5.79. The van der Waals surface area contributed by atoms with E-state index in [-0.39, 0.29) is 0 Å². The fourth-order valence-corrected chi connectivity index (χ4v) is 3.34. The van der Waals surface area contributed by atoms with Gasteiger partial charge in [-0.1, -0.05) is 60.7 Å². The standard InChI is InChI=1S/C22H26O4/c23-21(24)19(15-7-13-17-9-3-1-4-10-17)20(22(25)26)16-8-14-18-11-5-2-6-12-18/h1-6,9-12,19-20H,7-8,13-16H2,(H,23,24)(H,25,26). The van der Waals surface area contributed by atoms with Crippen LogP contribution in [0.2, 0.25) is 0 Å². The first-order chi connectivity index (χ1) is 12.6. The number of benzene rings is 2. The summed E-state index contributed by atoms with van der Waals surface area (Å²) in [4.78, 5) is 23.3. The average molecular weight is 354 g/mol. The molecule has 0 bridgehead atoms. The molecule has 4 nitrogen and oxygen atoms in total. The van der Waals surface area contributed by atoms with Crippen LogP contribution in [0, 0.1) is 11.8 Å². The molecular formula is C22H26O4. The second kappa shape index (κ2) is 10.4. The smallest absolute Gasteiger partial charge is 0.307 e. The minimum atomic E-state index is -1.01. The molecule has 2 rings (SSSR count). The molecule has 2 unspecified atom stereocenters. The fourth-order valence-electron chi connectivity index (χ4n) is 3.34. The Morgan fingerprint density at radius 3 is 1.31 bits per heavy atom. The number of hydrogen-bond acceptors (Lipinski definition) is 2. The molecule has 0 saturated carbocycles. The molecule has 0 aliphatic rings. The zero-order valence-corrected chi connectivity index (χ0v) is 14.9. The van der Waals surface area contributed by atoms with Crippen molar-refractivity contribution in [2.75, 3.05) is 0 Å². The Morgan fingerprint density at radius 1 is 0.654 bits per heavy atom. The van der Waals surface area contributed by atoms with Gasteiger partial charge < -0.3 is 10.2 Å². The molecule has 0 fully saturated rings. The van der Waals surface area contributed by atoms with Gasteiger partial charge in [0.2, 0.25) is 0 Å². The Hall–Kier alpha value is -2.62. The van der Waals surface area contributed by atoms with E-state index in [1.165, 1.54) is 0 Å². The van der Waals surface area contributed by atoms with E-state index in [1.807, 2.05) is 60.7 Å². The molecule has 2 atom stereocenters. The maximum Gasteiger partial charge on any atom is 0.307 e. The minimum Gasteiger partial charge on any atom is -0.481 e. The number of carbonyl (C=O) groups is 2. The van der Waals surface area contributed by atoms with Crippen molar-refractivity contribution < 1.29 is 19.8 Å². The van der Waals surface area contributed by atoms with Crippen LogP contribution in [0.1, 0.15) is 36.8 Å². The summed E-state index contributed by atoms with van der Waals surface area (Å²) in [7, 11) is 0. The first-order valence-electron chi connectivity index (χ1n) is 9.11. The lowest BCUT2D eigenvalue weighted by atomic mass is 9.83. The van der Waals surface area contributed by atoms with Crippen molar-refractivity contribution >= 4 is 11.9 Å². The van der Waals surface area contributed by atoms with Crippen molar-refractivity contribution in [3.8, 4) is 0 Å². The van der Waals surface area contributed by atoms with Crippen LogP contribution in [0.15, 0.2) is 60.7 Å². The summed E-state index contributed by atoms with van der Waals surface area (Å²) in [5.74, 6) is -3.70. The van der Waals surface area contributed by atoms with Gasteiger partial charge in [0.25, 0.3) is 0 Å². The number of carboxylic acids is 2. The van der Waals surface area contributed by atoms with Crippen LogP contribution in [0.3, 0.4) is 0 Å². The van der Waals surface area contributed by atoms with Crippen molar-refractivity contribution in [1.82, 2.24) is 0 Å². The van der Waals surface area contributed by atoms with Gasteiger partial charge in [0.05, 0.1) is 11.8 Å². The number of aryl methyl sites for hydroxylation is 2. The van der Waals surface area contributed by atoms with Crippen LogP contribution < -0.4 is 0 Å². The molecule has 2 N–H and O–H groups in total. The van der Waals surface area contributed by atoms with Gasteiger partial charge in [0.15, 0.2) is 0 Å². The van der Waals surface area contributed by atoms with Crippen LogP contribution >= 0.6 is 0 Å². The predicted octanol–water partition coefficient (Wildman–Crippen LogP) is 4.43. The SMILES string of the molecule is O=C(O)C(CCCc1ccccc1)C(CCCc1ccccc1)C(=O)O. The molecule has 138 valence electrons. The summed E-state index contributed by atoms with van der Waals surface area (Å²) >= 11 is 0. The van der Waals surface area contributed by atoms with E-state index < -0.39 is 23.8 Å². The van der Waals surface area contributed by atoms with Crippen LogP contribution in [-0.2, 0) is 22.4 Å². The molecule has 0 saturated heterocycles.